The van der Waals surface area contributed by atoms with Gasteiger partial charge in [-0.2, -0.15) is 4.98 Å². The number of aromatic nitrogens is 2. The molecule has 1 saturated heterocycles. The first-order valence-corrected chi connectivity index (χ1v) is 6.58. The number of nitrogens with zero attached hydrogens (tertiary/aromatic N) is 2. The number of hydrogen-bond acceptors (Lipinski definition) is 4. The van der Waals surface area contributed by atoms with Crippen LogP contribution in [0.25, 0.3) is 0 Å². The average molecular weight is 237 g/mol. The van der Waals surface area contributed by atoms with E-state index in [9.17, 15) is 0 Å². The fourth-order valence-electron chi connectivity index (χ4n) is 2.10. The molecule has 0 bridgehead atoms. The molecular weight excluding hydrogens is 214 g/mol. The number of rotatable bonds is 3. The van der Waals surface area contributed by atoms with Crippen molar-refractivity contribution in [2.45, 2.75) is 52.4 Å². The van der Waals surface area contributed by atoms with Crippen LogP contribution in [-0.2, 0) is 6.42 Å². The Morgan fingerprint density at radius 1 is 1.29 bits per heavy atom. The van der Waals surface area contributed by atoms with Gasteiger partial charge in [0.2, 0.25) is 5.89 Å². The number of aryl methyl sites for hydroxylation is 1. The molecule has 1 N–H and O–H groups in total. The summed E-state index contributed by atoms with van der Waals surface area (Å²) >= 11 is 0. The molecule has 1 aromatic rings. The monoisotopic (exact) mass is 237 g/mol. The number of nitrogens with one attached hydrogen (secondary N) is 1. The third kappa shape index (κ3) is 3.80. The molecule has 0 amide bonds. The van der Waals surface area contributed by atoms with E-state index in [-0.39, 0.29) is 0 Å². The molecule has 0 aliphatic carbocycles. The topological polar surface area (TPSA) is 51.0 Å². The minimum atomic E-state index is 0.323. The van der Waals surface area contributed by atoms with Crippen LogP contribution >= 0.6 is 0 Å². The first-order chi connectivity index (χ1) is 8.04. The lowest BCUT2D eigenvalue weighted by Gasteiger charge is -2.19. The van der Waals surface area contributed by atoms with Gasteiger partial charge in [0.25, 0.3) is 0 Å². The van der Waals surface area contributed by atoms with E-state index in [4.69, 9.17) is 4.52 Å². The Labute approximate surface area is 103 Å². The smallest absolute Gasteiger partial charge is 0.226 e. The lowest BCUT2D eigenvalue weighted by Crippen LogP contribution is -2.27. The van der Waals surface area contributed by atoms with Crippen molar-refractivity contribution < 1.29 is 4.52 Å². The number of piperidine rings is 1. The summed E-state index contributed by atoms with van der Waals surface area (Å²) in [6, 6.07) is 0. The highest BCUT2D eigenvalue weighted by molar-refractivity contribution is 4.97. The van der Waals surface area contributed by atoms with Gasteiger partial charge in [-0.25, -0.2) is 0 Å². The van der Waals surface area contributed by atoms with Crippen molar-refractivity contribution in [3.63, 3.8) is 0 Å². The van der Waals surface area contributed by atoms with E-state index in [1.54, 1.807) is 0 Å². The largest absolute Gasteiger partial charge is 0.339 e. The van der Waals surface area contributed by atoms with Gasteiger partial charge in [0.15, 0.2) is 5.82 Å². The van der Waals surface area contributed by atoms with E-state index in [0.717, 1.165) is 50.5 Å². The Bertz CT molecular complexity index is 348. The molecule has 0 atom stereocenters. The molecule has 0 spiro atoms. The van der Waals surface area contributed by atoms with Crippen LogP contribution in [0.5, 0.6) is 0 Å². The second kappa shape index (κ2) is 5.17. The maximum atomic E-state index is 5.33. The van der Waals surface area contributed by atoms with Crippen LogP contribution in [0, 0.1) is 5.41 Å². The lowest BCUT2D eigenvalue weighted by atomic mass is 9.90. The van der Waals surface area contributed by atoms with Crippen molar-refractivity contribution >= 4 is 0 Å². The van der Waals surface area contributed by atoms with Crippen LogP contribution in [0.15, 0.2) is 4.52 Å². The zero-order valence-corrected chi connectivity index (χ0v) is 11.1. The fourth-order valence-corrected chi connectivity index (χ4v) is 2.10. The van der Waals surface area contributed by atoms with E-state index in [1.807, 2.05) is 0 Å². The second-order valence-corrected chi connectivity index (χ2v) is 6.13. The van der Waals surface area contributed by atoms with E-state index in [2.05, 4.69) is 36.2 Å². The first kappa shape index (κ1) is 12.6. The van der Waals surface area contributed by atoms with Crippen molar-refractivity contribution in [3.05, 3.63) is 11.7 Å². The highest BCUT2D eigenvalue weighted by atomic mass is 16.5. The van der Waals surface area contributed by atoms with Crippen LogP contribution in [0.3, 0.4) is 0 Å². The summed E-state index contributed by atoms with van der Waals surface area (Å²) in [4.78, 5) is 4.53. The second-order valence-electron chi connectivity index (χ2n) is 6.13. The van der Waals surface area contributed by atoms with Crippen molar-refractivity contribution in [2.24, 2.45) is 5.41 Å². The normalized spacial score (nSPS) is 18.5. The quantitative estimate of drug-likeness (QED) is 0.877. The number of hydrogen-bond donors (Lipinski definition) is 1. The van der Waals surface area contributed by atoms with Gasteiger partial charge in [0.05, 0.1) is 0 Å². The molecule has 2 rings (SSSR count). The van der Waals surface area contributed by atoms with Gasteiger partial charge >= 0.3 is 0 Å². The molecule has 4 nitrogen and oxygen atoms in total. The van der Waals surface area contributed by atoms with Crippen molar-refractivity contribution in [3.8, 4) is 0 Å². The summed E-state index contributed by atoms with van der Waals surface area (Å²) in [6.07, 6.45) is 4.22. The summed E-state index contributed by atoms with van der Waals surface area (Å²) in [6.45, 7) is 8.83. The molecule has 1 aliphatic rings. The lowest BCUT2D eigenvalue weighted by molar-refractivity contribution is 0.323. The highest BCUT2D eigenvalue weighted by Crippen LogP contribution is 2.24. The average Bonchev–Trinajstić information content (AvgIpc) is 2.75. The van der Waals surface area contributed by atoms with Gasteiger partial charge in [-0.3, -0.25) is 0 Å². The SMILES string of the molecule is CC(C)(C)CCc1nc(C2CCNCC2)no1. The zero-order valence-electron chi connectivity index (χ0n) is 11.1. The third-order valence-electron chi connectivity index (χ3n) is 3.28. The van der Waals surface area contributed by atoms with Gasteiger partial charge in [-0.1, -0.05) is 25.9 Å². The van der Waals surface area contributed by atoms with Crippen LogP contribution in [-0.4, -0.2) is 23.2 Å². The molecule has 4 heteroatoms. The molecule has 0 unspecified atom stereocenters. The predicted octanol–water partition coefficient (Wildman–Crippen LogP) is 2.52. The summed E-state index contributed by atoms with van der Waals surface area (Å²) in [5.41, 5.74) is 0.323. The van der Waals surface area contributed by atoms with Gasteiger partial charge in [-0.15, -0.1) is 0 Å². The molecule has 0 saturated carbocycles. The maximum absolute atomic E-state index is 5.33. The fraction of sp³-hybridized carbons (Fsp3) is 0.846. The third-order valence-corrected chi connectivity index (χ3v) is 3.28. The Morgan fingerprint density at radius 2 is 2.00 bits per heavy atom. The minimum Gasteiger partial charge on any atom is -0.339 e. The summed E-state index contributed by atoms with van der Waals surface area (Å²) in [5, 5.41) is 7.48. The molecule has 96 valence electrons. The van der Waals surface area contributed by atoms with Crippen LogP contribution in [0.1, 0.15) is 57.7 Å². The highest BCUT2D eigenvalue weighted by Gasteiger charge is 2.21. The molecule has 1 fully saturated rings. The molecule has 17 heavy (non-hydrogen) atoms. The zero-order chi connectivity index (χ0) is 12.3. The Morgan fingerprint density at radius 3 is 2.65 bits per heavy atom. The van der Waals surface area contributed by atoms with E-state index < -0.39 is 0 Å². The molecule has 0 radical (unpaired) electrons. The van der Waals surface area contributed by atoms with Gasteiger partial charge in [0, 0.05) is 12.3 Å². The Hall–Kier alpha value is -0.900. The first-order valence-electron chi connectivity index (χ1n) is 6.58. The van der Waals surface area contributed by atoms with E-state index in [1.165, 1.54) is 0 Å². The summed E-state index contributed by atoms with van der Waals surface area (Å²) in [7, 11) is 0. The van der Waals surface area contributed by atoms with Crippen LogP contribution in [0.4, 0.5) is 0 Å². The van der Waals surface area contributed by atoms with E-state index >= 15 is 0 Å². The molecule has 2 heterocycles. The van der Waals surface area contributed by atoms with Crippen LogP contribution < -0.4 is 5.32 Å². The molecular formula is C13H23N3O. The molecule has 1 aliphatic heterocycles. The van der Waals surface area contributed by atoms with Crippen molar-refractivity contribution in [2.75, 3.05) is 13.1 Å². The van der Waals surface area contributed by atoms with Gasteiger partial charge in [0.1, 0.15) is 0 Å². The summed E-state index contributed by atoms with van der Waals surface area (Å²) < 4.78 is 5.33. The summed E-state index contributed by atoms with van der Waals surface area (Å²) in [5.74, 6) is 2.20. The van der Waals surface area contributed by atoms with Crippen molar-refractivity contribution in [1.82, 2.24) is 15.5 Å². The van der Waals surface area contributed by atoms with Gasteiger partial charge < -0.3 is 9.84 Å². The molecule has 0 aromatic carbocycles. The predicted molar refractivity (Wildman–Crippen MR) is 66.9 cm³/mol. The minimum absolute atomic E-state index is 0.323. The Kier molecular flexibility index (Phi) is 3.82. The standard InChI is InChI=1S/C13H23N3O/c1-13(2,3)7-4-11-15-12(16-17-11)10-5-8-14-9-6-10/h10,14H,4-9H2,1-3H3. The Balaban J connectivity index is 1.91. The maximum Gasteiger partial charge on any atom is 0.226 e. The van der Waals surface area contributed by atoms with Crippen LogP contribution in [0.2, 0.25) is 0 Å². The van der Waals surface area contributed by atoms with Gasteiger partial charge in [-0.05, 0) is 37.8 Å². The van der Waals surface area contributed by atoms with E-state index in [0.29, 0.717) is 11.3 Å². The van der Waals surface area contributed by atoms with Crippen molar-refractivity contribution in [1.29, 1.82) is 0 Å². The molecule has 1 aromatic heterocycles.